The van der Waals surface area contributed by atoms with Crippen molar-refractivity contribution in [1.82, 2.24) is 15.1 Å². The molecule has 1 aromatic heterocycles. The van der Waals surface area contributed by atoms with Crippen LogP contribution in [0.1, 0.15) is 42.4 Å². The smallest absolute Gasteiger partial charge is 0.330 e. The van der Waals surface area contributed by atoms with Crippen molar-refractivity contribution in [2.75, 3.05) is 0 Å². The highest BCUT2D eigenvalue weighted by Gasteiger charge is 2.23. The van der Waals surface area contributed by atoms with Crippen LogP contribution < -0.4 is 5.32 Å². The minimum atomic E-state index is -1.12. The molecule has 6 nitrogen and oxygen atoms in total. The summed E-state index contributed by atoms with van der Waals surface area (Å²) in [7, 11) is 0. The monoisotopic (exact) mass is 377 g/mol. The number of rotatable bonds is 7. The van der Waals surface area contributed by atoms with Crippen molar-refractivity contribution < 1.29 is 14.7 Å². The molecule has 1 heterocycles. The third-order valence-electron chi connectivity index (χ3n) is 4.16. The number of hydrogen-bond donors (Lipinski definition) is 2. The minimum absolute atomic E-state index is 0.0904. The van der Waals surface area contributed by atoms with Gasteiger partial charge in [0.25, 0.3) is 0 Å². The van der Waals surface area contributed by atoms with E-state index in [1.54, 1.807) is 24.3 Å². The summed E-state index contributed by atoms with van der Waals surface area (Å²) < 4.78 is 1.90. The molecule has 0 saturated carbocycles. The fourth-order valence-electron chi connectivity index (χ4n) is 2.83. The predicted molar refractivity (Wildman–Crippen MR) is 100 cm³/mol. The number of nitrogens with zero attached hydrogens (tertiary/aromatic N) is 2. The molecule has 0 radical (unpaired) electrons. The van der Waals surface area contributed by atoms with E-state index in [4.69, 9.17) is 11.6 Å². The molecule has 140 valence electrons. The topological polar surface area (TPSA) is 84.2 Å². The number of hydrogen-bond acceptors (Lipinski definition) is 3. The molecule has 2 rings (SSSR count). The van der Waals surface area contributed by atoms with Crippen LogP contribution in [0.4, 0.5) is 0 Å². The largest absolute Gasteiger partial charge is 0.479 e. The number of halogens is 1. The van der Waals surface area contributed by atoms with Gasteiger partial charge in [-0.15, -0.1) is 0 Å². The summed E-state index contributed by atoms with van der Waals surface area (Å²) in [5, 5.41) is 17.0. The van der Waals surface area contributed by atoms with E-state index in [9.17, 15) is 14.7 Å². The Balaban J connectivity index is 2.15. The number of aryl methyl sites for hydroxylation is 1. The van der Waals surface area contributed by atoms with E-state index in [1.807, 2.05) is 18.5 Å². The fourth-order valence-corrected chi connectivity index (χ4v) is 2.95. The van der Waals surface area contributed by atoms with Crippen LogP contribution >= 0.6 is 11.6 Å². The van der Waals surface area contributed by atoms with Crippen LogP contribution in [0.25, 0.3) is 0 Å². The summed E-state index contributed by atoms with van der Waals surface area (Å²) in [6.07, 6.45) is 0.0904. The number of carboxylic acids is 1. The lowest BCUT2D eigenvalue weighted by molar-refractivity contribution is -0.141. The van der Waals surface area contributed by atoms with E-state index in [2.05, 4.69) is 24.3 Å². The van der Waals surface area contributed by atoms with E-state index in [1.165, 1.54) is 0 Å². The Kier molecular flexibility index (Phi) is 6.42. The van der Waals surface area contributed by atoms with Gasteiger partial charge in [-0.2, -0.15) is 5.10 Å². The average Bonchev–Trinajstić information content (AvgIpc) is 2.80. The van der Waals surface area contributed by atoms with Gasteiger partial charge < -0.3 is 10.4 Å². The molecule has 0 aliphatic carbocycles. The summed E-state index contributed by atoms with van der Waals surface area (Å²) in [4.78, 5) is 24.0. The molecule has 0 spiro atoms. The van der Waals surface area contributed by atoms with Crippen LogP contribution in [-0.4, -0.2) is 26.8 Å². The SMILES string of the molecule is Cc1nn(CC(C)C)c(C)c1CC(=O)NC(C(=O)O)c1ccc(Cl)cc1. The summed E-state index contributed by atoms with van der Waals surface area (Å²) in [6.45, 7) is 8.77. The maximum absolute atomic E-state index is 12.5. The van der Waals surface area contributed by atoms with E-state index >= 15 is 0 Å². The van der Waals surface area contributed by atoms with Gasteiger partial charge in [0, 0.05) is 22.8 Å². The van der Waals surface area contributed by atoms with Crippen molar-refractivity contribution in [3.8, 4) is 0 Å². The highest BCUT2D eigenvalue weighted by Crippen LogP contribution is 2.19. The molecule has 1 atom stereocenters. The third-order valence-corrected chi connectivity index (χ3v) is 4.41. The van der Waals surface area contributed by atoms with Crippen molar-refractivity contribution in [2.24, 2.45) is 5.92 Å². The Morgan fingerprint density at radius 1 is 1.23 bits per heavy atom. The number of carbonyl (C=O) groups excluding carboxylic acids is 1. The number of amides is 1. The van der Waals surface area contributed by atoms with Gasteiger partial charge in [0.2, 0.25) is 5.91 Å². The Morgan fingerprint density at radius 2 is 1.85 bits per heavy atom. The zero-order chi connectivity index (χ0) is 19.4. The molecule has 7 heteroatoms. The molecule has 2 aromatic rings. The van der Waals surface area contributed by atoms with Gasteiger partial charge in [-0.05, 0) is 37.5 Å². The second-order valence-electron chi connectivity index (χ2n) is 6.79. The molecule has 0 fully saturated rings. The van der Waals surface area contributed by atoms with Crippen LogP contribution in [0.15, 0.2) is 24.3 Å². The standard InChI is InChI=1S/C19H24ClN3O3/c1-11(2)10-23-13(4)16(12(3)22-23)9-17(24)21-18(19(25)26)14-5-7-15(20)8-6-14/h5-8,11,18H,9-10H2,1-4H3,(H,21,24)(H,25,26). The molecule has 2 N–H and O–H groups in total. The second-order valence-corrected chi connectivity index (χ2v) is 7.23. The second kappa shape index (κ2) is 8.36. The molecule has 1 unspecified atom stereocenters. The summed E-state index contributed by atoms with van der Waals surface area (Å²) >= 11 is 5.84. The lowest BCUT2D eigenvalue weighted by Crippen LogP contribution is -2.34. The van der Waals surface area contributed by atoms with Crippen molar-refractivity contribution in [3.05, 3.63) is 51.8 Å². The van der Waals surface area contributed by atoms with E-state index < -0.39 is 12.0 Å². The zero-order valence-electron chi connectivity index (χ0n) is 15.4. The Hall–Kier alpha value is -2.34. The van der Waals surface area contributed by atoms with Crippen LogP contribution in [0, 0.1) is 19.8 Å². The number of aliphatic carboxylic acids is 1. The van der Waals surface area contributed by atoms with Crippen molar-refractivity contribution in [3.63, 3.8) is 0 Å². The van der Waals surface area contributed by atoms with Crippen molar-refractivity contribution in [1.29, 1.82) is 0 Å². The summed E-state index contributed by atoms with van der Waals surface area (Å²) in [5.74, 6) is -1.04. The molecular formula is C19H24ClN3O3. The zero-order valence-corrected chi connectivity index (χ0v) is 16.2. The number of nitrogens with one attached hydrogen (secondary N) is 1. The molecule has 26 heavy (non-hydrogen) atoms. The molecule has 0 saturated heterocycles. The number of carbonyl (C=O) groups is 2. The van der Waals surface area contributed by atoms with Crippen LogP contribution in [-0.2, 0) is 22.6 Å². The maximum atomic E-state index is 12.5. The van der Waals surface area contributed by atoms with E-state index in [-0.39, 0.29) is 12.3 Å². The van der Waals surface area contributed by atoms with Gasteiger partial charge in [0.15, 0.2) is 6.04 Å². The Bertz CT molecular complexity index is 797. The predicted octanol–water partition coefficient (Wildman–Crippen LogP) is 3.29. The van der Waals surface area contributed by atoms with E-state index in [0.717, 1.165) is 23.5 Å². The number of benzene rings is 1. The van der Waals surface area contributed by atoms with Gasteiger partial charge in [-0.25, -0.2) is 4.79 Å². The maximum Gasteiger partial charge on any atom is 0.330 e. The molecule has 0 aliphatic rings. The quantitative estimate of drug-likeness (QED) is 0.775. The lowest BCUT2D eigenvalue weighted by atomic mass is 10.1. The summed E-state index contributed by atoms with van der Waals surface area (Å²) in [6, 6.07) is 5.27. The van der Waals surface area contributed by atoms with Crippen LogP contribution in [0.2, 0.25) is 5.02 Å². The first-order valence-electron chi connectivity index (χ1n) is 8.49. The van der Waals surface area contributed by atoms with Gasteiger partial charge in [-0.1, -0.05) is 37.6 Å². The van der Waals surface area contributed by atoms with Gasteiger partial charge in [0.1, 0.15) is 0 Å². The van der Waals surface area contributed by atoms with Crippen molar-refractivity contribution >= 4 is 23.5 Å². The lowest BCUT2D eigenvalue weighted by Gasteiger charge is -2.15. The molecular weight excluding hydrogens is 354 g/mol. The van der Waals surface area contributed by atoms with Crippen LogP contribution in [0.5, 0.6) is 0 Å². The first kappa shape index (κ1) is 20.0. The van der Waals surface area contributed by atoms with Crippen LogP contribution in [0.3, 0.4) is 0 Å². The molecule has 1 aromatic carbocycles. The first-order chi connectivity index (χ1) is 12.2. The summed E-state index contributed by atoms with van der Waals surface area (Å²) in [5.41, 5.74) is 3.03. The minimum Gasteiger partial charge on any atom is -0.479 e. The highest BCUT2D eigenvalue weighted by atomic mass is 35.5. The van der Waals surface area contributed by atoms with Crippen molar-refractivity contribution in [2.45, 2.75) is 46.7 Å². The third kappa shape index (κ3) is 4.85. The molecule has 0 bridgehead atoms. The first-order valence-corrected chi connectivity index (χ1v) is 8.87. The number of aromatic nitrogens is 2. The normalized spacial score (nSPS) is 12.2. The molecule has 0 aliphatic heterocycles. The molecule has 1 amide bonds. The van der Waals surface area contributed by atoms with E-state index in [0.29, 0.717) is 16.5 Å². The average molecular weight is 378 g/mol. The van der Waals surface area contributed by atoms with Gasteiger partial charge in [0.05, 0.1) is 12.1 Å². The van der Waals surface area contributed by atoms with Gasteiger partial charge in [-0.3, -0.25) is 9.48 Å². The van der Waals surface area contributed by atoms with Gasteiger partial charge >= 0.3 is 5.97 Å². The Labute approximate surface area is 158 Å². The number of carboxylic acid groups (broad SMARTS) is 1. The highest BCUT2D eigenvalue weighted by molar-refractivity contribution is 6.30. The Morgan fingerprint density at radius 3 is 2.38 bits per heavy atom. The fraction of sp³-hybridized carbons (Fsp3) is 0.421.